The van der Waals surface area contributed by atoms with Crippen molar-refractivity contribution in [2.75, 3.05) is 0 Å². The molecule has 1 aromatic heterocycles. The second-order valence-electron chi connectivity index (χ2n) is 6.82. The Labute approximate surface area is 153 Å². The lowest BCUT2D eigenvalue weighted by molar-refractivity contribution is -0.121. The predicted molar refractivity (Wildman–Crippen MR) is 99.4 cm³/mol. The Hall–Kier alpha value is -1.82. The molecule has 134 valence electrons. The molecule has 1 aliphatic rings. The van der Waals surface area contributed by atoms with Crippen LogP contribution in [0.4, 0.5) is 0 Å². The SMILES string of the molecule is Cc1ccccc1-c1nnc(S[C@@H](C)C(=O)N[C@@H]2CCCC[C@@H]2C)o1. The first kappa shape index (κ1) is 18.0. The molecule has 1 amide bonds. The molecule has 5 nitrogen and oxygen atoms in total. The van der Waals surface area contributed by atoms with Crippen LogP contribution in [0.3, 0.4) is 0 Å². The molecule has 1 aromatic carbocycles. The molecule has 0 saturated heterocycles. The molecule has 25 heavy (non-hydrogen) atoms. The van der Waals surface area contributed by atoms with E-state index in [1.54, 1.807) is 0 Å². The van der Waals surface area contributed by atoms with Gasteiger partial charge in [-0.25, -0.2) is 0 Å². The van der Waals surface area contributed by atoms with E-state index in [0.717, 1.165) is 17.5 Å². The summed E-state index contributed by atoms with van der Waals surface area (Å²) in [4.78, 5) is 12.5. The number of amides is 1. The summed E-state index contributed by atoms with van der Waals surface area (Å²) in [7, 11) is 0. The molecule has 1 saturated carbocycles. The summed E-state index contributed by atoms with van der Waals surface area (Å²) in [6.07, 6.45) is 4.72. The first-order chi connectivity index (χ1) is 12.0. The highest BCUT2D eigenvalue weighted by Crippen LogP contribution is 2.29. The summed E-state index contributed by atoms with van der Waals surface area (Å²) in [5.41, 5.74) is 2.01. The van der Waals surface area contributed by atoms with Crippen molar-refractivity contribution in [3.63, 3.8) is 0 Å². The number of nitrogens with zero attached hydrogens (tertiary/aromatic N) is 2. The Kier molecular flexibility index (Phi) is 5.78. The zero-order valence-corrected chi connectivity index (χ0v) is 15.8. The Morgan fingerprint density at radius 3 is 2.80 bits per heavy atom. The van der Waals surface area contributed by atoms with Crippen LogP contribution in [0, 0.1) is 12.8 Å². The summed E-state index contributed by atoms with van der Waals surface area (Å²) >= 11 is 1.31. The van der Waals surface area contributed by atoms with Crippen molar-refractivity contribution >= 4 is 17.7 Å². The van der Waals surface area contributed by atoms with Crippen LogP contribution in [0.2, 0.25) is 0 Å². The second-order valence-corrected chi connectivity index (χ2v) is 8.12. The standard InChI is InChI=1S/C19H25N3O2S/c1-12-8-4-6-10-15(12)18-21-22-19(24-18)25-14(3)17(23)20-16-11-7-5-9-13(16)2/h4,6,8,10,13-14,16H,5,7,9,11H2,1-3H3,(H,20,23)/t13-,14-,16+/m0/s1. The number of carbonyl (C=O) groups is 1. The summed E-state index contributed by atoms with van der Waals surface area (Å²) < 4.78 is 5.74. The largest absolute Gasteiger partial charge is 0.411 e. The second kappa shape index (κ2) is 8.04. The minimum absolute atomic E-state index is 0.0411. The van der Waals surface area contributed by atoms with E-state index in [0.29, 0.717) is 17.0 Å². The van der Waals surface area contributed by atoms with Crippen molar-refractivity contribution in [3.8, 4) is 11.5 Å². The monoisotopic (exact) mass is 359 g/mol. The van der Waals surface area contributed by atoms with Crippen molar-refractivity contribution in [2.24, 2.45) is 5.92 Å². The number of nitrogens with one attached hydrogen (secondary N) is 1. The maximum absolute atomic E-state index is 12.5. The van der Waals surface area contributed by atoms with E-state index in [4.69, 9.17) is 4.42 Å². The van der Waals surface area contributed by atoms with Crippen LogP contribution in [-0.2, 0) is 4.79 Å². The molecule has 0 spiro atoms. The molecular weight excluding hydrogens is 334 g/mol. The average molecular weight is 359 g/mol. The fourth-order valence-electron chi connectivity index (χ4n) is 3.21. The smallest absolute Gasteiger partial charge is 0.277 e. The third kappa shape index (κ3) is 4.42. The van der Waals surface area contributed by atoms with E-state index >= 15 is 0 Å². The summed E-state index contributed by atoms with van der Waals surface area (Å²) in [5, 5.41) is 11.6. The Morgan fingerprint density at radius 2 is 2.04 bits per heavy atom. The summed E-state index contributed by atoms with van der Waals surface area (Å²) in [5.74, 6) is 1.08. The number of carbonyl (C=O) groups excluding carboxylic acids is 1. The van der Waals surface area contributed by atoms with Crippen LogP contribution in [0.1, 0.15) is 45.1 Å². The minimum Gasteiger partial charge on any atom is -0.411 e. The molecule has 1 N–H and O–H groups in total. The number of aryl methyl sites for hydroxylation is 1. The van der Waals surface area contributed by atoms with Crippen molar-refractivity contribution in [1.29, 1.82) is 0 Å². The normalized spacial score (nSPS) is 21.7. The summed E-state index contributed by atoms with van der Waals surface area (Å²) in [6.45, 7) is 6.10. The fraction of sp³-hybridized carbons (Fsp3) is 0.526. The zero-order valence-electron chi connectivity index (χ0n) is 15.0. The number of rotatable bonds is 5. The number of hydrogen-bond donors (Lipinski definition) is 1. The van der Waals surface area contributed by atoms with E-state index in [1.165, 1.54) is 31.0 Å². The van der Waals surface area contributed by atoms with Crippen LogP contribution >= 0.6 is 11.8 Å². The van der Waals surface area contributed by atoms with Gasteiger partial charge in [0.15, 0.2) is 0 Å². The zero-order chi connectivity index (χ0) is 17.8. The number of hydrogen-bond acceptors (Lipinski definition) is 5. The molecular formula is C19H25N3O2S. The van der Waals surface area contributed by atoms with Crippen molar-refractivity contribution < 1.29 is 9.21 Å². The predicted octanol–water partition coefficient (Wildman–Crippen LogP) is 4.22. The van der Waals surface area contributed by atoms with Crippen LogP contribution in [0.15, 0.2) is 33.9 Å². The number of thioether (sulfide) groups is 1. The molecule has 0 aliphatic heterocycles. The van der Waals surface area contributed by atoms with E-state index in [9.17, 15) is 4.79 Å². The molecule has 0 radical (unpaired) electrons. The highest BCUT2D eigenvalue weighted by Gasteiger charge is 2.26. The Morgan fingerprint density at radius 1 is 1.28 bits per heavy atom. The maximum atomic E-state index is 12.5. The maximum Gasteiger partial charge on any atom is 0.277 e. The van der Waals surface area contributed by atoms with Gasteiger partial charge >= 0.3 is 0 Å². The molecule has 0 bridgehead atoms. The highest BCUT2D eigenvalue weighted by molar-refractivity contribution is 8.00. The van der Waals surface area contributed by atoms with Gasteiger partial charge in [-0.3, -0.25) is 4.79 Å². The summed E-state index contributed by atoms with van der Waals surface area (Å²) in [6, 6.07) is 8.17. The molecule has 6 heteroatoms. The molecule has 0 unspecified atom stereocenters. The van der Waals surface area contributed by atoms with Crippen molar-refractivity contribution in [1.82, 2.24) is 15.5 Å². The van der Waals surface area contributed by atoms with Crippen LogP contribution in [-0.4, -0.2) is 27.4 Å². The molecule has 1 heterocycles. The van der Waals surface area contributed by atoms with E-state index in [1.807, 2.05) is 38.1 Å². The van der Waals surface area contributed by atoms with Gasteiger partial charge in [-0.1, -0.05) is 49.7 Å². The van der Waals surface area contributed by atoms with Gasteiger partial charge in [0.25, 0.3) is 5.22 Å². The first-order valence-corrected chi connectivity index (χ1v) is 9.79. The van der Waals surface area contributed by atoms with Crippen molar-refractivity contribution in [2.45, 2.75) is 63.0 Å². The third-order valence-electron chi connectivity index (χ3n) is 4.87. The lowest BCUT2D eigenvalue weighted by Gasteiger charge is -2.30. The quantitative estimate of drug-likeness (QED) is 0.810. The van der Waals surface area contributed by atoms with Crippen molar-refractivity contribution in [3.05, 3.63) is 29.8 Å². The van der Waals surface area contributed by atoms with Gasteiger partial charge in [-0.05, 0) is 44.2 Å². The molecule has 1 aliphatic carbocycles. The lowest BCUT2D eigenvalue weighted by Crippen LogP contribution is -2.44. The molecule has 3 rings (SSSR count). The lowest BCUT2D eigenvalue weighted by atomic mass is 9.86. The molecule has 2 aromatic rings. The topological polar surface area (TPSA) is 68.0 Å². The van der Waals surface area contributed by atoms with E-state index in [2.05, 4.69) is 22.4 Å². The van der Waals surface area contributed by atoms with Crippen LogP contribution in [0.5, 0.6) is 0 Å². The average Bonchev–Trinajstić information content (AvgIpc) is 3.05. The molecule has 3 atom stereocenters. The van der Waals surface area contributed by atoms with Gasteiger partial charge in [-0.2, -0.15) is 0 Å². The first-order valence-electron chi connectivity index (χ1n) is 8.91. The van der Waals surface area contributed by atoms with Gasteiger partial charge in [-0.15, -0.1) is 10.2 Å². The van der Waals surface area contributed by atoms with Gasteiger partial charge in [0, 0.05) is 11.6 Å². The van der Waals surface area contributed by atoms with Gasteiger partial charge in [0.1, 0.15) is 0 Å². The Bertz CT molecular complexity index is 731. The van der Waals surface area contributed by atoms with Crippen LogP contribution < -0.4 is 5.32 Å². The van der Waals surface area contributed by atoms with Gasteiger partial charge in [0.05, 0.1) is 5.25 Å². The number of benzene rings is 1. The third-order valence-corrected chi connectivity index (χ3v) is 5.80. The van der Waals surface area contributed by atoms with Gasteiger partial charge < -0.3 is 9.73 Å². The highest BCUT2D eigenvalue weighted by atomic mass is 32.2. The van der Waals surface area contributed by atoms with Crippen LogP contribution in [0.25, 0.3) is 11.5 Å². The van der Waals surface area contributed by atoms with E-state index < -0.39 is 0 Å². The van der Waals surface area contributed by atoms with E-state index in [-0.39, 0.29) is 17.2 Å². The fourth-order valence-corrected chi connectivity index (χ4v) is 3.91. The van der Waals surface area contributed by atoms with Gasteiger partial charge in [0.2, 0.25) is 11.8 Å². The Balaban J connectivity index is 1.60. The minimum atomic E-state index is -0.265. The molecule has 1 fully saturated rings. The number of aromatic nitrogens is 2.